The summed E-state index contributed by atoms with van der Waals surface area (Å²) >= 11 is 0. The Morgan fingerprint density at radius 1 is 1.25 bits per heavy atom. The maximum Gasteiger partial charge on any atom is 0.328 e. The van der Waals surface area contributed by atoms with Gasteiger partial charge in [-0.1, -0.05) is 6.92 Å². The molecule has 1 aromatic heterocycles. The fourth-order valence-corrected chi connectivity index (χ4v) is 2.38. The molecule has 5 heteroatoms. The van der Waals surface area contributed by atoms with E-state index in [9.17, 15) is 4.79 Å². The Balaban J connectivity index is 2.62. The lowest BCUT2D eigenvalue weighted by Gasteiger charge is -2.16. The minimum absolute atomic E-state index is 0.258. The fraction of sp³-hybridized carbons (Fsp3) is 0.400. The summed E-state index contributed by atoms with van der Waals surface area (Å²) in [6.45, 7) is 1.95. The van der Waals surface area contributed by atoms with Crippen molar-refractivity contribution in [3.05, 3.63) is 24.4 Å². The van der Waals surface area contributed by atoms with Crippen molar-refractivity contribution in [2.24, 2.45) is 0 Å². The zero-order chi connectivity index (χ0) is 14.7. The maximum absolute atomic E-state index is 11.9. The van der Waals surface area contributed by atoms with Gasteiger partial charge >= 0.3 is 5.97 Å². The summed E-state index contributed by atoms with van der Waals surface area (Å²) in [5.41, 5.74) is 0.887. The quantitative estimate of drug-likeness (QED) is 0.789. The number of esters is 1. The van der Waals surface area contributed by atoms with Crippen molar-refractivity contribution in [1.82, 2.24) is 4.57 Å². The van der Waals surface area contributed by atoms with E-state index in [-0.39, 0.29) is 12.0 Å². The Bertz CT molecular complexity index is 618. The van der Waals surface area contributed by atoms with Crippen molar-refractivity contribution in [3.8, 4) is 11.5 Å². The van der Waals surface area contributed by atoms with E-state index in [2.05, 4.69) is 0 Å². The highest BCUT2D eigenvalue weighted by Gasteiger charge is 2.21. The number of carbonyl (C=O) groups excluding carboxylic acids is 1. The van der Waals surface area contributed by atoms with Crippen LogP contribution in [0.3, 0.4) is 0 Å². The van der Waals surface area contributed by atoms with Gasteiger partial charge in [-0.05, 0) is 12.5 Å². The van der Waals surface area contributed by atoms with E-state index >= 15 is 0 Å². The third-order valence-electron chi connectivity index (χ3n) is 3.43. The molecule has 0 saturated carbocycles. The van der Waals surface area contributed by atoms with Crippen LogP contribution >= 0.6 is 0 Å². The number of carbonyl (C=O) groups is 1. The molecule has 2 rings (SSSR count). The lowest BCUT2D eigenvalue weighted by atomic mass is 10.2. The van der Waals surface area contributed by atoms with Gasteiger partial charge in [0.05, 0.1) is 26.8 Å². The highest BCUT2D eigenvalue weighted by molar-refractivity contribution is 5.89. The Morgan fingerprint density at radius 3 is 2.55 bits per heavy atom. The van der Waals surface area contributed by atoms with Gasteiger partial charge in [-0.15, -0.1) is 0 Å². The normalized spacial score (nSPS) is 12.2. The van der Waals surface area contributed by atoms with Crippen LogP contribution in [-0.4, -0.2) is 31.9 Å². The molecule has 108 valence electrons. The number of rotatable bonds is 5. The number of fused-ring (bicyclic) bond motifs is 1. The number of benzene rings is 1. The molecule has 0 aliphatic carbocycles. The predicted molar refractivity (Wildman–Crippen MR) is 76.4 cm³/mol. The first kappa shape index (κ1) is 14.2. The number of hydrogen-bond donors (Lipinski definition) is 0. The van der Waals surface area contributed by atoms with E-state index in [4.69, 9.17) is 14.2 Å². The van der Waals surface area contributed by atoms with Crippen LogP contribution in [0.15, 0.2) is 24.4 Å². The van der Waals surface area contributed by atoms with E-state index in [1.165, 1.54) is 7.11 Å². The summed E-state index contributed by atoms with van der Waals surface area (Å²) in [6, 6.07) is 5.29. The second kappa shape index (κ2) is 5.86. The number of nitrogens with zero attached hydrogens (tertiary/aromatic N) is 1. The number of hydrogen-bond acceptors (Lipinski definition) is 4. The number of methoxy groups -OCH3 is 3. The first-order valence-electron chi connectivity index (χ1n) is 6.46. The molecule has 0 amide bonds. The van der Waals surface area contributed by atoms with Gasteiger partial charge < -0.3 is 18.8 Å². The summed E-state index contributed by atoms with van der Waals surface area (Å²) in [5, 5.41) is 0.940. The SMILES string of the molecule is CCC(C(=O)OC)n1ccc2c(OC)cc(OC)cc21. The molecule has 1 atom stereocenters. The molecular weight excluding hydrogens is 258 g/mol. The van der Waals surface area contributed by atoms with Crippen molar-refractivity contribution in [2.45, 2.75) is 19.4 Å². The monoisotopic (exact) mass is 277 g/mol. The molecule has 0 bridgehead atoms. The molecular formula is C15H19NO4. The zero-order valence-electron chi connectivity index (χ0n) is 12.2. The molecule has 0 aliphatic rings. The minimum atomic E-state index is -0.352. The van der Waals surface area contributed by atoms with Crippen molar-refractivity contribution >= 4 is 16.9 Å². The molecule has 20 heavy (non-hydrogen) atoms. The van der Waals surface area contributed by atoms with Crippen LogP contribution in [0.1, 0.15) is 19.4 Å². The van der Waals surface area contributed by atoms with Crippen molar-refractivity contribution in [1.29, 1.82) is 0 Å². The van der Waals surface area contributed by atoms with E-state index < -0.39 is 0 Å². The van der Waals surface area contributed by atoms with Crippen LogP contribution < -0.4 is 9.47 Å². The van der Waals surface area contributed by atoms with E-state index in [1.54, 1.807) is 14.2 Å². The average Bonchev–Trinajstić information content (AvgIpc) is 2.90. The predicted octanol–water partition coefficient (Wildman–Crippen LogP) is 2.78. The average molecular weight is 277 g/mol. The van der Waals surface area contributed by atoms with Crippen molar-refractivity contribution < 1.29 is 19.0 Å². The Kier molecular flexibility index (Phi) is 4.17. The first-order valence-corrected chi connectivity index (χ1v) is 6.46. The number of ether oxygens (including phenoxy) is 3. The maximum atomic E-state index is 11.9. The lowest BCUT2D eigenvalue weighted by molar-refractivity contribution is -0.144. The number of aromatic nitrogens is 1. The summed E-state index contributed by atoms with van der Waals surface area (Å²) < 4.78 is 17.4. The Labute approximate surface area is 118 Å². The van der Waals surface area contributed by atoms with Gasteiger partial charge in [0.15, 0.2) is 0 Å². The largest absolute Gasteiger partial charge is 0.497 e. The van der Waals surface area contributed by atoms with E-state index in [1.807, 2.05) is 35.9 Å². The molecule has 0 N–H and O–H groups in total. The summed E-state index contributed by atoms with van der Waals surface area (Å²) in [7, 11) is 4.62. The van der Waals surface area contributed by atoms with E-state index in [0.717, 1.165) is 16.7 Å². The molecule has 1 aromatic carbocycles. The minimum Gasteiger partial charge on any atom is -0.497 e. The summed E-state index contributed by atoms with van der Waals surface area (Å²) in [6.07, 6.45) is 2.52. The van der Waals surface area contributed by atoms with Gasteiger partial charge in [0.25, 0.3) is 0 Å². The van der Waals surface area contributed by atoms with Gasteiger partial charge in [0.1, 0.15) is 17.5 Å². The molecule has 0 saturated heterocycles. The molecule has 0 radical (unpaired) electrons. The molecule has 0 spiro atoms. The van der Waals surface area contributed by atoms with E-state index in [0.29, 0.717) is 12.2 Å². The second-order valence-electron chi connectivity index (χ2n) is 4.43. The van der Waals surface area contributed by atoms with Crippen molar-refractivity contribution in [2.75, 3.05) is 21.3 Å². The smallest absolute Gasteiger partial charge is 0.328 e. The summed E-state index contributed by atoms with van der Waals surface area (Å²) in [4.78, 5) is 11.9. The second-order valence-corrected chi connectivity index (χ2v) is 4.43. The summed E-state index contributed by atoms with van der Waals surface area (Å²) in [5.74, 6) is 1.15. The highest BCUT2D eigenvalue weighted by Crippen LogP contribution is 2.34. The van der Waals surface area contributed by atoms with Crippen LogP contribution in [0.25, 0.3) is 10.9 Å². The van der Waals surface area contributed by atoms with Crippen LogP contribution in [-0.2, 0) is 9.53 Å². The fourth-order valence-electron chi connectivity index (χ4n) is 2.38. The third kappa shape index (κ3) is 2.31. The molecule has 1 heterocycles. The molecule has 2 aromatic rings. The lowest BCUT2D eigenvalue weighted by Crippen LogP contribution is -2.19. The Hall–Kier alpha value is -2.17. The van der Waals surface area contributed by atoms with Gasteiger partial charge in [0, 0.05) is 23.7 Å². The van der Waals surface area contributed by atoms with Crippen LogP contribution in [0, 0.1) is 0 Å². The Morgan fingerprint density at radius 2 is 2.00 bits per heavy atom. The van der Waals surface area contributed by atoms with Crippen LogP contribution in [0.5, 0.6) is 11.5 Å². The van der Waals surface area contributed by atoms with Crippen molar-refractivity contribution in [3.63, 3.8) is 0 Å². The molecule has 0 aliphatic heterocycles. The van der Waals surface area contributed by atoms with Gasteiger partial charge in [0.2, 0.25) is 0 Å². The topological polar surface area (TPSA) is 49.7 Å². The standard InChI is InChI=1S/C15H19NO4/c1-5-12(15(17)20-4)16-7-6-11-13(16)8-10(18-2)9-14(11)19-3/h6-9,12H,5H2,1-4H3. The van der Waals surface area contributed by atoms with Gasteiger partial charge in [-0.25, -0.2) is 4.79 Å². The third-order valence-corrected chi connectivity index (χ3v) is 3.43. The van der Waals surface area contributed by atoms with Gasteiger partial charge in [-0.2, -0.15) is 0 Å². The first-order chi connectivity index (χ1) is 9.65. The van der Waals surface area contributed by atoms with Crippen LogP contribution in [0.4, 0.5) is 0 Å². The molecule has 1 unspecified atom stereocenters. The highest BCUT2D eigenvalue weighted by atomic mass is 16.5. The van der Waals surface area contributed by atoms with Crippen LogP contribution in [0.2, 0.25) is 0 Å². The molecule has 0 fully saturated rings. The zero-order valence-corrected chi connectivity index (χ0v) is 12.2. The molecule has 5 nitrogen and oxygen atoms in total. The van der Waals surface area contributed by atoms with Gasteiger partial charge in [-0.3, -0.25) is 0 Å².